The molecule has 0 aliphatic heterocycles. The Labute approximate surface area is 89.4 Å². The van der Waals surface area contributed by atoms with E-state index in [1.165, 1.54) is 0 Å². The normalized spacial score (nSPS) is 11.2. The van der Waals surface area contributed by atoms with Crippen molar-refractivity contribution in [2.75, 3.05) is 18.5 Å². The van der Waals surface area contributed by atoms with Crippen LogP contribution in [-0.4, -0.2) is 24.1 Å². The first-order valence-corrected chi connectivity index (χ1v) is 4.92. The number of hydrogen-bond donors (Lipinski definition) is 2. The van der Waals surface area contributed by atoms with E-state index in [-0.39, 0.29) is 0 Å². The molecular weight excluding hydrogens is 192 g/mol. The van der Waals surface area contributed by atoms with Gasteiger partial charge >= 0.3 is 0 Å². The zero-order valence-electron chi connectivity index (χ0n) is 9.03. The summed E-state index contributed by atoms with van der Waals surface area (Å²) >= 11 is 0. The van der Waals surface area contributed by atoms with Gasteiger partial charge in [0.2, 0.25) is 5.88 Å². The van der Waals surface area contributed by atoms with Gasteiger partial charge in [-0.2, -0.15) is 0 Å². The standard InChI is InChI=1S/C10H16N4O/c1-3-12-10(11)14-8-5-6-9(13-7-8)15-4-2/h5-7H,3-4H2,1-2H3,(H3,11,12,14). The van der Waals surface area contributed by atoms with Crippen molar-refractivity contribution in [1.29, 1.82) is 0 Å². The number of nitrogens with one attached hydrogen (secondary N) is 1. The molecule has 1 rings (SSSR count). The first-order valence-electron chi connectivity index (χ1n) is 4.92. The molecule has 0 spiro atoms. The first-order chi connectivity index (χ1) is 7.26. The Hall–Kier alpha value is -1.78. The van der Waals surface area contributed by atoms with Gasteiger partial charge in [-0.15, -0.1) is 0 Å². The van der Waals surface area contributed by atoms with Gasteiger partial charge in [0.1, 0.15) is 0 Å². The zero-order chi connectivity index (χ0) is 11.1. The van der Waals surface area contributed by atoms with Crippen LogP contribution in [0.2, 0.25) is 0 Å². The fourth-order valence-corrected chi connectivity index (χ4v) is 1.05. The lowest BCUT2D eigenvalue weighted by Crippen LogP contribution is -2.22. The first kappa shape index (κ1) is 11.3. The van der Waals surface area contributed by atoms with Gasteiger partial charge in [-0.05, 0) is 19.9 Å². The molecule has 0 aliphatic carbocycles. The number of nitrogens with two attached hydrogens (primary N) is 1. The summed E-state index contributed by atoms with van der Waals surface area (Å²) in [7, 11) is 0. The van der Waals surface area contributed by atoms with Crippen molar-refractivity contribution in [2.24, 2.45) is 10.7 Å². The molecule has 5 nitrogen and oxygen atoms in total. The van der Waals surface area contributed by atoms with Crippen LogP contribution in [0.25, 0.3) is 0 Å². The molecule has 1 aromatic rings. The van der Waals surface area contributed by atoms with Crippen LogP contribution in [0, 0.1) is 0 Å². The lowest BCUT2D eigenvalue weighted by atomic mass is 10.4. The minimum absolute atomic E-state index is 0.392. The Morgan fingerprint density at radius 2 is 2.33 bits per heavy atom. The average Bonchev–Trinajstić information content (AvgIpc) is 2.22. The number of ether oxygens (including phenoxy) is 1. The third-order valence-electron chi connectivity index (χ3n) is 1.63. The van der Waals surface area contributed by atoms with E-state index in [2.05, 4.69) is 15.3 Å². The van der Waals surface area contributed by atoms with Gasteiger partial charge in [-0.25, -0.2) is 4.98 Å². The summed E-state index contributed by atoms with van der Waals surface area (Å²) in [4.78, 5) is 8.09. The van der Waals surface area contributed by atoms with E-state index in [4.69, 9.17) is 10.5 Å². The Balaban J connectivity index is 2.60. The molecule has 15 heavy (non-hydrogen) atoms. The number of pyridine rings is 1. The Morgan fingerprint density at radius 3 is 2.87 bits per heavy atom. The molecule has 0 saturated carbocycles. The highest BCUT2D eigenvalue weighted by Gasteiger charge is 1.96. The Bertz CT molecular complexity index is 321. The fourth-order valence-electron chi connectivity index (χ4n) is 1.05. The summed E-state index contributed by atoms with van der Waals surface area (Å²) in [5, 5.41) is 2.92. The molecule has 3 N–H and O–H groups in total. The zero-order valence-corrected chi connectivity index (χ0v) is 9.03. The summed E-state index contributed by atoms with van der Waals surface area (Å²) in [6, 6.07) is 3.63. The SMILES string of the molecule is CCN=C(N)Nc1ccc(OCC)nc1. The number of anilines is 1. The van der Waals surface area contributed by atoms with Crippen LogP contribution in [0.5, 0.6) is 5.88 Å². The van der Waals surface area contributed by atoms with Crippen LogP contribution < -0.4 is 15.8 Å². The third kappa shape index (κ3) is 3.84. The van der Waals surface area contributed by atoms with Crippen LogP contribution >= 0.6 is 0 Å². The van der Waals surface area contributed by atoms with Crippen molar-refractivity contribution in [3.05, 3.63) is 18.3 Å². The molecule has 0 aliphatic rings. The quantitative estimate of drug-likeness (QED) is 0.576. The van der Waals surface area contributed by atoms with E-state index in [1.54, 1.807) is 12.3 Å². The second kappa shape index (κ2) is 5.85. The largest absolute Gasteiger partial charge is 0.478 e. The molecule has 0 atom stereocenters. The molecule has 0 saturated heterocycles. The molecule has 0 bridgehead atoms. The van der Waals surface area contributed by atoms with E-state index in [0.29, 0.717) is 25.0 Å². The van der Waals surface area contributed by atoms with Gasteiger partial charge in [0.05, 0.1) is 18.5 Å². The highest BCUT2D eigenvalue weighted by molar-refractivity contribution is 5.92. The number of aromatic nitrogens is 1. The summed E-state index contributed by atoms with van der Waals surface area (Å²) in [6.45, 7) is 5.10. The van der Waals surface area contributed by atoms with Gasteiger partial charge in [0.25, 0.3) is 0 Å². The minimum Gasteiger partial charge on any atom is -0.478 e. The summed E-state index contributed by atoms with van der Waals surface area (Å²) < 4.78 is 5.21. The average molecular weight is 208 g/mol. The third-order valence-corrected chi connectivity index (χ3v) is 1.63. The van der Waals surface area contributed by atoms with Crippen LogP contribution in [-0.2, 0) is 0 Å². The predicted molar refractivity (Wildman–Crippen MR) is 61.2 cm³/mol. The molecule has 0 aromatic carbocycles. The van der Waals surface area contributed by atoms with Gasteiger partial charge in [0.15, 0.2) is 5.96 Å². The van der Waals surface area contributed by atoms with Crippen LogP contribution in [0.15, 0.2) is 23.3 Å². The van der Waals surface area contributed by atoms with Gasteiger partial charge in [0, 0.05) is 12.6 Å². The lowest BCUT2D eigenvalue weighted by molar-refractivity contribution is 0.327. The maximum atomic E-state index is 5.59. The molecule has 1 heterocycles. The van der Waals surface area contributed by atoms with Crippen LogP contribution in [0.1, 0.15) is 13.8 Å². The molecule has 1 aromatic heterocycles. The monoisotopic (exact) mass is 208 g/mol. The molecule has 0 fully saturated rings. The second-order valence-corrected chi connectivity index (χ2v) is 2.80. The lowest BCUT2D eigenvalue weighted by Gasteiger charge is -2.05. The smallest absolute Gasteiger partial charge is 0.213 e. The highest BCUT2D eigenvalue weighted by atomic mass is 16.5. The van der Waals surface area contributed by atoms with E-state index < -0.39 is 0 Å². The fraction of sp³-hybridized carbons (Fsp3) is 0.400. The number of nitrogens with zero attached hydrogens (tertiary/aromatic N) is 2. The van der Waals surface area contributed by atoms with Gasteiger partial charge in [-0.3, -0.25) is 4.99 Å². The van der Waals surface area contributed by atoms with Crippen molar-refractivity contribution in [3.63, 3.8) is 0 Å². The van der Waals surface area contributed by atoms with Crippen molar-refractivity contribution in [2.45, 2.75) is 13.8 Å². The molecule has 0 unspecified atom stereocenters. The van der Waals surface area contributed by atoms with Gasteiger partial charge < -0.3 is 15.8 Å². The van der Waals surface area contributed by atoms with E-state index >= 15 is 0 Å². The molecule has 0 radical (unpaired) electrons. The number of hydrogen-bond acceptors (Lipinski definition) is 3. The Kier molecular flexibility index (Phi) is 4.40. The topological polar surface area (TPSA) is 72.5 Å². The van der Waals surface area contributed by atoms with E-state index in [9.17, 15) is 0 Å². The second-order valence-electron chi connectivity index (χ2n) is 2.80. The Morgan fingerprint density at radius 1 is 1.53 bits per heavy atom. The van der Waals surface area contributed by atoms with Crippen molar-refractivity contribution < 1.29 is 4.74 Å². The van der Waals surface area contributed by atoms with Crippen LogP contribution in [0.3, 0.4) is 0 Å². The minimum atomic E-state index is 0.392. The highest BCUT2D eigenvalue weighted by Crippen LogP contribution is 2.10. The van der Waals surface area contributed by atoms with E-state index in [1.807, 2.05) is 19.9 Å². The number of guanidine groups is 1. The van der Waals surface area contributed by atoms with Crippen molar-refractivity contribution >= 4 is 11.6 Å². The molecule has 0 amide bonds. The maximum Gasteiger partial charge on any atom is 0.213 e. The molecule has 5 heteroatoms. The number of aliphatic imine (C=N–C) groups is 1. The molecule has 82 valence electrons. The maximum absolute atomic E-state index is 5.59. The predicted octanol–water partition coefficient (Wildman–Crippen LogP) is 1.23. The van der Waals surface area contributed by atoms with Crippen molar-refractivity contribution in [1.82, 2.24) is 4.98 Å². The van der Waals surface area contributed by atoms with Crippen LogP contribution in [0.4, 0.5) is 5.69 Å². The summed E-state index contributed by atoms with van der Waals surface area (Å²) in [5.74, 6) is 0.998. The summed E-state index contributed by atoms with van der Waals surface area (Å²) in [5.41, 5.74) is 6.39. The summed E-state index contributed by atoms with van der Waals surface area (Å²) in [6.07, 6.45) is 1.66. The van der Waals surface area contributed by atoms with Crippen molar-refractivity contribution in [3.8, 4) is 5.88 Å². The molecular formula is C10H16N4O. The van der Waals surface area contributed by atoms with Gasteiger partial charge in [-0.1, -0.05) is 0 Å². The van der Waals surface area contributed by atoms with E-state index in [0.717, 1.165) is 5.69 Å². The number of rotatable bonds is 4.